The summed E-state index contributed by atoms with van der Waals surface area (Å²) < 4.78 is 32.1. The van der Waals surface area contributed by atoms with Crippen LogP contribution in [0, 0.1) is 11.6 Å². The molecule has 0 saturated heterocycles. The fourth-order valence-corrected chi connectivity index (χ4v) is 3.09. The molecule has 0 fully saturated rings. The van der Waals surface area contributed by atoms with E-state index in [2.05, 4.69) is 9.97 Å². The molecule has 2 aromatic carbocycles. The van der Waals surface area contributed by atoms with Gasteiger partial charge in [0.2, 0.25) is 5.88 Å². The highest BCUT2D eigenvalue weighted by atomic mass is 35.5. The molecule has 0 N–H and O–H groups in total. The van der Waals surface area contributed by atoms with E-state index in [1.54, 1.807) is 36.4 Å². The van der Waals surface area contributed by atoms with Crippen LogP contribution in [0.5, 0.6) is 11.6 Å². The first-order chi connectivity index (χ1) is 12.5. The Morgan fingerprint density at radius 1 is 1.00 bits per heavy atom. The molecule has 3 aromatic rings. The van der Waals surface area contributed by atoms with Crippen molar-refractivity contribution in [1.29, 1.82) is 0 Å². The molecule has 0 radical (unpaired) electrons. The zero-order chi connectivity index (χ0) is 18.5. The Kier molecular flexibility index (Phi) is 6.06. The maximum absolute atomic E-state index is 13.3. The molecule has 0 aliphatic carbocycles. The van der Waals surface area contributed by atoms with E-state index >= 15 is 0 Å². The van der Waals surface area contributed by atoms with Gasteiger partial charge in [0.1, 0.15) is 5.75 Å². The predicted octanol–water partition coefficient (Wildman–Crippen LogP) is 6.06. The molecule has 0 atom stereocenters. The topological polar surface area (TPSA) is 35.0 Å². The van der Waals surface area contributed by atoms with Crippen molar-refractivity contribution in [2.24, 2.45) is 0 Å². The number of halogens is 3. The van der Waals surface area contributed by atoms with Gasteiger partial charge in [-0.3, -0.25) is 0 Å². The van der Waals surface area contributed by atoms with Crippen molar-refractivity contribution in [3.63, 3.8) is 0 Å². The Hall–Kier alpha value is -2.18. The summed E-state index contributed by atoms with van der Waals surface area (Å²) in [6.07, 6.45) is 0.720. The van der Waals surface area contributed by atoms with Crippen molar-refractivity contribution in [3.8, 4) is 11.6 Å². The van der Waals surface area contributed by atoms with Crippen LogP contribution in [0.1, 0.15) is 18.2 Å². The highest BCUT2D eigenvalue weighted by Crippen LogP contribution is 2.26. The summed E-state index contributed by atoms with van der Waals surface area (Å²) in [4.78, 5) is 8.83. The third-order valence-electron chi connectivity index (χ3n) is 3.49. The van der Waals surface area contributed by atoms with E-state index in [9.17, 15) is 8.78 Å². The largest absolute Gasteiger partial charge is 0.439 e. The highest BCUT2D eigenvalue weighted by molar-refractivity contribution is 7.98. The normalized spacial score (nSPS) is 10.8. The second kappa shape index (κ2) is 8.47. The van der Waals surface area contributed by atoms with Crippen LogP contribution in [0.4, 0.5) is 8.78 Å². The number of ether oxygens (including phenoxy) is 1. The van der Waals surface area contributed by atoms with Crippen LogP contribution in [0.15, 0.2) is 53.7 Å². The van der Waals surface area contributed by atoms with Crippen molar-refractivity contribution in [2.45, 2.75) is 24.3 Å². The summed E-state index contributed by atoms with van der Waals surface area (Å²) in [6.45, 7) is 1.98. The Bertz CT molecular complexity index is 907. The van der Waals surface area contributed by atoms with Crippen molar-refractivity contribution >= 4 is 23.4 Å². The minimum atomic E-state index is -0.863. The van der Waals surface area contributed by atoms with Gasteiger partial charge in [-0.05, 0) is 48.4 Å². The first kappa shape index (κ1) is 18.6. The van der Waals surface area contributed by atoms with Crippen molar-refractivity contribution in [1.82, 2.24) is 9.97 Å². The number of thioether (sulfide) groups is 1. The Labute approximate surface area is 159 Å². The van der Waals surface area contributed by atoms with Gasteiger partial charge in [-0.15, -0.1) is 0 Å². The summed E-state index contributed by atoms with van der Waals surface area (Å²) in [6, 6.07) is 12.6. The van der Waals surface area contributed by atoms with E-state index < -0.39 is 11.6 Å². The molecule has 1 aromatic heterocycles. The molecule has 134 valence electrons. The molecule has 0 bridgehead atoms. The van der Waals surface area contributed by atoms with Crippen LogP contribution < -0.4 is 4.74 Å². The van der Waals surface area contributed by atoms with Crippen LogP contribution in [0.3, 0.4) is 0 Å². The van der Waals surface area contributed by atoms with Gasteiger partial charge in [0.15, 0.2) is 16.8 Å². The van der Waals surface area contributed by atoms with Crippen molar-refractivity contribution in [3.05, 3.63) is 76.4 Å². The Balaban J connectivity index is 1.76. The Morgan fingerprint density at radius 2 is 1.77 bits per heavy atom. The van der Waals surface area contributed by atoms with Gasteiger partial charge in [-0.25, -0.2) is 13.8 Å². The molecular weight excluding hydrogens is 378 g/mol. The average Bonchev–Trinajstić information content (AvgIpc) is 2.64. The van der Waals surface area contributed by atoms with E-state index in [4.69, 9.17) is 16.3 Å². The number of hydrogen-bond acceptors (Lipinski definition) is 4. The minimum Gasteiger partial charge on any atom is -0.439 e. The summed E-state index contributed by atoms with van der Waals surface area (Å²) in [7, 11) is 0. The lowest BCUT2D eigenvalue weighted by molar-refractivity contribution is 0.454. The van der Waals surface area contributed by atoms with E-state index in [-0.39, 0.29) is 0 Å². The van der Waals surface area contributed by atoms with Crippen molar-refractivity contribution in [2.75, 3.05) is 0 Å². The van der Waals surface area contributed by atoms with E-state index in [0.717, 1.165) is 18.2 Å². The summed E-state index contributed by atoms with van der Waals surface area (Å²) in [5, 5.41) is 1.13. The lowest BCUT2D eigenvalue weighted by Gasteiger charge is -2.09. The predicted molar refractivity (Wildman–Crippen MR) is 98.9 cm³/mol. The molecule has 0 amide bonds. The molecule has 0 aliphatic heterocycles. The summed E-state index contributed by atoms with van der Waals surface area (Å²) in [5.74, 6) is -0.261. The van der Waals surface area contributed by atoms with Gasteiger partial charge in [0, 0.05) is 22.5 Å². The van der Waals surface area contributed by atoms with Gasteiger partial charge >= 0.3 is 0 Å². The number of aryl methyl sites for hydroxylation is 1. The molecular formula is C19H15ClF2N2OS. The number of hydrogen-bond donors (Lipinski definition) is 0. The van der Waals surface area contributed by atoms with Crippen LogP contribution in [-0.2, 0) is 12.2 Å². The van der Waals surface area contributed by atoms with Gasteiger partial charge < -0.3 is 4.74 Å². The van der Waals surface area contributed by atoms with Crippen LogP contribution in [0.25, 0.3) is 0 Å². The third kappa shape index (κ3) is 4.93. The molecule has 3 nitrogen and oxygen atoms in total. The lowest BCUT2D eigenvalue weighted by Crippen LogP contribution is -1.97. The van der Waals surface area contributed by atoms with Crippen LogP contribution in [0.2, 0.25) is 5.02 Å². The molecule has 0 spiro atoms. The molecule has 0 aliphatic rings. The minimum absolute atomic E-state index is 0.421. The molecule has 3 rings (SSSR count). The summed E-state index contributed by atoms with van der Waals surface area (Å²) >= 11 is 7.21. The average molecular weight is 393 g/mol. The standard InChI is InChI=1S/C19H15ClF2N2OS/c1-2-14-10-18(25-15-6-4-13(20)5-7-15)24-19(23-14)26-11-12-3-8-16(21)17(22)9-12/h3-10H,2,11H2,1H3. The number of rotatable bonds is 6. The SMILES string of the molecule is CCc1cc(Oc2ccc(Cl)cc2)nc(SCc2ccc(F)c(F)c2)n1. The molecule has 0 saturated carbocycles. The maximum Gasteiger partial charge on any atom is 0.223 e. The van der Waals surface area contributed by atoms with E-state index in [0.29, 0.717) is 33.1 Å². The van der Waals surface area contributed by atoms with Gasteiger partial charge in [-0.1, -0.05) is 36.4 Å². The zero-order valence-electron chi connectivity index (χ0n) is 13.9. The first-order valence-corrected chi connectivity index (χ1v) is 9.28. The smallest absolute Gasteiger partial charge is 0.223 e. The monoisotopic (exact) mass is 392 g/mol. The number of nitrogens with zero attached hydrogens (tertiary/aromatic N) is 2. The van der Waals surface area contributed by atoms with Gasteiger partial charge in [0.05, 0.1) is 0 Å². The molecule has 7 heteroatoms. The van der Waals surface area contributed by atoms with E-state index in [1.807, 2.05) is 6.92 Å². The Morgan fingerprint density at radius 3 is 2.46 bits per heavy atom. The quantitative estimate of drug-likeness (QED) is 0.377. The molecule has 26 heavy (non-hydrogen) atoms. The van der Waals surface area contributed by atoms with E-state index in [1.165, 1.54) is 17.8 Å². The zero-order valence-corrected chi connectivity index (χ0v) is 15.5. The first-order valence-electron chi connectivity index (χ1n) is 7.91. The van der Waals surface area contributed by atoms with Crippen molar-refractivity contribution < 1.29 is 13.5 Å². The number of benzene rings is 2. The second-order valence-electron chi connectivity index (χ2n) is 5.43. The van der Waals surface area contributed by atoms with Gasteiger partial charge in [-0.2, -0.15) is 4.98 Å². The fourth-order valence-electron chi connectivity index (χ4n) is 2.15. The van der Waals surface area contributed by atoms with Gasteiger partial charge in [0.25, 0.3) is 0 Å². The summed E-state index contributed by atoms with van der Waals surface area (Å²) in [5.41, 5.74) is 1.48. The third-order valence-corrected chi connectivity index (χ3v) is 4.66. The van der Waals surface area contributed by atoms with Crippen LogP contribution >= 0.6 is 23.4 Å². The maximum atomic E-state index is 13.3. The molecule has 0 unspecified atom stereocenters. The highest BCUT2D eigenvalue weighted by Gasteiger charge is 2.09. The number of aromatic nitrogens is 2. The fraction of sp³-hybridized carbons (Fsp3) is 0.158. The second-order valence-corrected chi connectivity index (χ2v) is 6.81. The lowest BCUT2D eigenvalue weighted by atomic mass is 10.2. The van der Waals surface area contributed by atoms with Crippen LogP contribution in [-0.4, -0.2) is 9.97 Å². The molecule has 1 heterocycles.